The van der Waals surface area contributed by atoms with Crippen LogP contribution in [0, 0.1) is 11.6 Å². The summed E-state index contributed by atoms with van der Waals surface area (Å²) in [4.78, 5) is 19.4. The van der Waals surface area contributed by atoms with Crippen LogP contribution >= 0.6 is 0 Å². The third-order valence-corrected chi connectivity index (χ3v) is 4.96. The Morgan fingerprint density at radius 3 is 2.22 bits per heavy atom. The molecule has 7 nitrogen and oxygen atoms in total. The molecule has 0 saturated carbocycles. The molecular formula is C19H16F5N3O4S. The third kappa shape index (κ3) is 4.56. The molecule has 32 heavy (non-hydrogen) atoms. The number of alkyl halides is 3. The molecule has 0 saturated heterocycles. The summed E-state index contributed by atoms with van der Waals surface area (Å²) in [5.74, 6) is -2.76. The number of nitrogens with zero attached hydrogens (tertiary/aromatic N) is 3. The second kappa shape index (κ2) is 7.50. The van der Waals surface area contributed by atoms with Gasteiger partial charge < -0.3 is 4.74 Å². The van der Waals surface area contributed by atoms with E-state index >= 15 is 0 Å². The number of rotatable bonds is 2. The highest BCUT2D eigenvalue weighted by molar-refractivity contribution is 7.90. The lowest BCUT2D eigenvalue weighted by Gasteiger charge is -2.19. The molecule has 0 radical (unpaired) electrons. The normalized spacial score (nSPS) is 12.9. The van der Waals surface area contributed by atoms with Gasteiger partial charge in [-0.3, -0.25) is 4.57 Å². The highest BCUT2D eigenvalue weighted by Gasteiger charge is 2.37. The molecule has 3 rings (SSSR count). The number of carbonyl (C=O) groups excluding carboxylic acids is 1. The van der Waals surface area contributed by atoms with Gasteiger partial charge in [-0.2, -0.15) is 13.2 Å². The van der Waals surface area contributed by atoms with E-state index in [0.29, 0.717) is 23.0 Å². The van der Waals surface area contributed by atoms with Gasteiger partial charge in [0.05, 0.1) is 11.2 Å². The van der Waals surface area contributed by atoms with E-state index in [9.17, 15) is 35.2 Å². The molecule has 0 aliphatic carbocycles. The van der Waals surface area contributed by atoms with Crippen LogP contribution < -0.4 is 0 Å². The molecule has 172 valence electrons. The fraction of sp³-hybridized carbons (Fsp3) is 0.316. The first-order valence-corrected chi connectivity index (χ1v) is 10.8. The van der Waals surface area contributed by atoms with Gasteiger partial charge in [-0.1, -0.05) is 0 Å². The molecule has 0 fully saturated rings. The second-order valence-electron chi connectivity index (χ2n) is 7.86. The number of hydrogen-bond acceptors (Lipinski definition) is 6. The Morgan fingerprint density at radius 2 is 1.69 bits per heavy atom. The molecule has 3 aromatic rings. The zero-order valence-corrected chi connectivity index (χ0v) is 17.9. The van der Waals surface area contributed by atoms with E-state index < -0.39 is 61.3 Å². The summed E-state index contributed by atoms with van der Waals surface area (Å²) in [6, 6.07) is 1.20. The predicted octanol–water partition coefficient (Wildman–Crippen LogP) is 4.58. The highest BCUT2D eigenvalue weighted by Crippen LogP contribution is 2.40. The lowest BCUT2D eigenvalue weighted by molar-refractivity contribution is -0.137. The van der Waals surface area contributed by atoms with Gasteiger partial charge in [-0.25, -0.2) is 32.0 Å². The lowest BCUT2D eigenvalue weighted by Crippen LogP contribution is -2.26. The average molecular weight is 477 g/mol. The van der Waals surface area contributed by atoms with Gasteiger partial charge in [0.2, 0.25) is 15.0 Å². The maximum Gasteiger partial charge on any atom is 0.419 e. The van der Waals surface area contributed by atoms with Crippen molar-refractivity contribution in [1.29, 1.82) is 0 Å². The standard InChI is InChI=1S/C19H16F5N3O4S/c1-18(2,3)31-17(28)27-8-10(9-5-12(20)13(21)6-14(9)27)15-11(19(22,23)24)7-25-16(26-15)32(4,29)30/h5-8H,1-4H3. The fourth-order valence-corrected chi connectivity index (χ4v) is 3.33. The highest BCUT2D eigenvalue weighted by atomic mass is 32.2. The van der Waals surface area contributed by atoms with Crippen LogP contribution in [-0.2, 0) is 20.8 Å². The van der Waals surface area contributed by atoms with Crippen molar-refractivity contribution in [3.63, 3.8) is 0 Å². The zero-order chi connectivity index (χ0) is 24.2. The van der Waals surface area contributed by atoms with Crippen LogP contribution in [0.3, 0.4) is 0 Å². The van der Waals surface area contributed by atoms with Gasteiger partial charge >= 0.3 is 12.3 Å². The molecule has 0 amide bonds. The largest absolute Gasteiger partial charge is 0.443 e. The van der Waals surface area contributed by atoms with Crippen molar-refractivity contribution in [2.75, 3.05) is 6.26 Å². The minimum Gasteiger partial charge on any atom is -0.443 e. The predicted molar refractivity (Wildman–Crippen MR) is 103 cm³/mol. The smallest absolute Gasteiger partial charge is 0.419 e. The van der Waals surface area contributed by atoms with Crippen molar-refractivity contribution in [1.82, 2.24) is 14.5 Å². The second-order valence-corrected chi connectivity index (χ2v) is 9.77. The minimum absolute atomic E-state index is 0.273. The molecule has 1 aromatic carbocycles. The summed E-state index contributed by atoms with van der Waals surface area (Å²) in [5.41, 5.74) is -4.14. The maximum atomic E-state index is 14.0. The van der Waals surface area contributed by atoms with Gasteiger partial charge in [-0.05, 0) is 26.8 Å². The Kier molecular flexibility index (Phi) is 5.52. The summed E-state index contributed by atoms with van der Waals surface area (Å²) in [5, 5.41) is -1.24. The zero-order valence-electron chi connectivity index (χ0n) is 17.1. The maximum absolute atomic E-state index is 14.0. The van der Waals surface area contributed by atoms with Crippen LogP contribution in [0.4, 0.5) is 26.7 Å². The number of sulfone groups is 1. The average Bonchev–Trinajstić information content (AvgIpc) is 2.97. The number of halogens is 5. The molecule has 0 N–H and O–H groups in total. The Morgan fingerprint density at radius 1 is 1.09 bits per heavy atom. The van der Waals surface area contributed by atoms with Gasteiger partial charge in [0.25, 0.3) is 0 Å². The van der Waals surface area contributed by atoms with Gasteiger partial charge in [0.15, 0.2) is 11.6 Å². The number of fused-ring (bicyclic) bond motifs is 1. The summed E-state index contributed by atoms with van der Waals surface area (Å²) in [6.07, 6.45) is -4.29. The fourth-order valence-electron chi connectivity index (χ4n) is 2.83. The van der Waals surface area contributed by atoms with Crippen molar-refractivity contribution in [2.45, 2.75) is 37.7 Å². The summed E-state index contributed by atoms with van der Waals surface area (Å²) >= 11 is 0. The number of ether oxygens (including phenoxy) is 1. The van der Waals surface area contributed by atoms with Crippen LogP contribution in [0.5, 0.6) is 0 Å². The Balaban J connectivity index is 2.41. The van der Waals surface area contributed by atoms with Crippen molar-refractivity contribution < 1.29 is 39.9 Å². The first kappa shape index (κ1) is 23.6. The van der Waals surface area contributed by atoms with Crippen LogP contribution in [-0.4, -0.2) is 40.9 Å². The summed E-state index contributed by atoms with van der Waals surface area (Å²) in [6.45, 7) is 4.59. The minimum atomic E-state index is -5.02. The molecule has 13 heteroatoms. The molecule has 0 aliphatic rings. The van der Waals surface area contributed by atoms with E-state index in [-0.39, 0.29) is 17.1 Å². The number of carbonyl (C=O) groups is 1. The summed E-state index contributed by atoms with van der Waals surface area (Å²) in [7, 11) is -4.12. The molecule has 0 atom stereocenters. The molecular weight excluding hydrogens is 461 g/mol. The topological polar surface area (TPSA) is 91.2 Å². The van der Waals surface area contributed by atoms with Crippen molar-refractivity contribution >= 4 is 26.8 Å². The van der Waals surface area contributed by atoms with Crippen LogP contribution in [0.2, 0.25) is 0 Å². The van der Waals surface area contributed by atoms with Crippen molar-refractivity contribution in [2.24, 2.45) is 0 Å². The number of benzene rings is 1. The van der Waals surface area contributed by atoms with Crippen LogP contribution in [0.25, 0.3) is 22.2 Å². The molecule has 2 heterocycles. The van der Waals surface area contributed by atoms with E-state index in [1.807, 2.05) is 0 Å². The Hall–Kier alpha value is -3.09. The van der Waals surface area contributed by atoms with E-state index in [2.05, 4.69) is 9.97 Å². The summed E-state index contributed by atoms with van der Waals surface area (Å²) < 4.78 is 98.3. The molecule has 0 spiro atoms. The van der Waals surface area contributed by atoms with Gasteiger partial charge in [-0.15, -0.1) is 0 Å². The number of aromatic nitrogens is 3. The number of hydrogen-bond donors (Lipinski definition) is 0. The van der Waals surface area contributed by atoms with Crippen molar-refractivity contribution in [3.05, 3.63) is 41.7 Å². The van der Waals surface area contributed by atoms with Crippen LogP contribution in [0.15, 0.2) is 29.7 Å². The first-order chi connectivity index (χ1) is 14.5. The molecule has 0 aliphatic heterocycles. The lowest BCUT2D eigenvalue weighted by atomic mass is 10.1. The van der Waals surface area contributed by atoms with E-state index in [1.165, 1.54) is 20.8 Å². The Bertz CT molecular complexity index is 1340. The molecule has 2 aromatic heterocycles. The SMILES string of the molecule is CC(C)(C)OC(=O)n1cc(-c2nc(S(C)(=O)=O)ncc2C(F)(F)F)c2cc(F)c(F)cc21. The quantitative estimate of drug-likeness (QED) is 0.396. The monoisotopic (exact) mass is 477 g/mol. The Labute approximate surface area is 178 Å². The van der Waals surface area contributed by atoms with E-state index in [0.717, 1.165) is 6.20 Å². The molecule has 0 unspecified atom stereocenters. The van der Waals surface area contributed by atoms with Gasteiger partial charge in [0.1, 0.15) is 11.2 Å². The van der Waals surface area contributed by atoms with E-state index in [4.69, 9.17) is 4.74 Å². The van der Waals surface area contributed by atoms with E-state index in [1.54, 1.807) is 0 Å². The first-order valence-electron chi connectivity index (χ1n) is 8.87. The third-order valence-electron chi connectivity index (χ3n) is 4.10. The molecule has 0 bridgehead atoms. The van der Waals surface area contributed by atoms with Crippen LogP contribution in [0.1, 0.15) is 26.3 Å². The van der Waals surface area contributed by atoms with Crippen molar-refractivity contribution in [3.8, 4) is 11.3 Å². The van der Waals surface area contributed by atoms with Gasteiger partial charge in [0, 0.05) is 35.7 Å².